The Hall–Kier alpha value is -3.61. The summed E-state index contributed by atoms with van der Waals surface area (Å²) in [5, 5.41) is 2.81. The maximum Gasteiger partial charge on any atom is 0.408 e. The summed E-state index contributed by atoms with van der Waals surface area (Å²) >= 11 is 0. The van der Waals surface area contributed by atoms with E-state index in [1.807, 2.05) is 20.8 Å². The average molecular weight is 645 g/mol. The first-order valence-electron chi connectivity index (χ1n) is 16.1. The van der Waals surface area contributed by atoms with Gasteiger partial charge in [0.2, 0.25) is 11.8 Å². The van der Waals surface area contributed by atoms with E-state index in [4.69, 9.17) is 18.9 Å². The lowest BCUT2D eigenvalue weighted by Crippen LogP contribution is -2.64. The zero-order chi connectivity index (χ0) is 33.0. The van der Waals surface area contributed by atoms with Gasteiger partial charge in [-0.1, -0.05) is 20.3 Å². The zero-order valence-corrected chi connectivity index (χ0v) is 26.9. The summed E-state index contributed by atoms with van der Waals surface area (Å²) in [5.74, 6) is -4.50. The Morgan fingerprint density at radius 2 is 1.91 bits per heavy atom. The van der Waals surface area contributed by atoms with Crippen molar-refractivity contribution in [2.45, 2.75) is 95.9 Å². The molecule has 0 spiro atoms. The molecule has 46 heavy (non-hydrogen) atoms. The second kappa shape index (κ2) is 11.9. The number of hydrogen-bond donors (Lipinski definition) is 1. The summed E-state index contributed by atoms with van der Waals surface area (Å²) in [5.41, 5.74) is -1.48. The molecule has 11 nitrogen and oxygen atoms in total. The second-order valence-electron chi connectivity index (χ2n) is 13.8. The highest BCUT2D eigenvalue weighted by atomic mass is 19.3. The number of nitrogens with zero attached hydrogens (tertiary/aromatic N) is 3. The number of rotatable bonds is 4. The smallest absolute Gasteiger partial charge is 0.408 e. The van der Waals surface area contributed by atoms with E-state index in [1.54, 1.807) is 18.2 Å². The Morgan fingerprint density at radius 3 is 2.57 bits per heavy atom. The number of carbonyl (C=O) groups excluding carboxylic acids is 3. The van der Waals surface area contributed by atoms with E-state index in [9.17, 15) is 14.4 Å². The van der Waals surface area contributed by atoms with Gasteiger partial charge < -0.3 is 29.2 Å². The number of ketones is 1. The number of hydrogen-bond acceptors (Lipinski definition) is 9. The molecule has 1 aromatic carbocycles. The number of ether oxygens (including phenoxy) is 4. The predicted molar refractivity (Wildman–Crippen MR) is 162 cm³/mol. The fourth-order valence-corrected chi connectivity index (χ4v) is 7.31. The van der Waals surface area contributed by atoms with Crippen LogP contribution in [0.3, 0.4) is 0 Å². The number of halogens is 2. The SMILES string of the molecule is CC[C@@H]1[C@@H]2CN(C(=O)[C@H](C3(C)COC3)NC(=O)O[C@]3(C)C[C@H]3CCCCC(F)(F)c3nc4ccc(OC)cc4nc3O2)[C@@H]1C(C)=O. The van der Waals surface area contributed by atoms with E-state index < -0.39 is 65.2 Å². The van der Waals surface area contributed by atoms with Gasteiger partial charge in [-0.2, -0.15) is 8.78 Å². The van der Waals surface area contributed by atoms with Crippen molar-refractivity contribution in [1.29, 1.82) is 0 Å². The van der Waals surface area contributed by atoms with Crippen LogP contribution in [0.4, 0.5) is 13.6 Å². The molecule has 6 rings (SSSR count). The molecule has 3 aliphatic heterocycles. The zero-order valence-electron chi connectivity index (χ0n) is 26.9. The fraction of sp³-hybridized carbons (Fsp3) is 0.667. The van der Waals surface area contributed by atoms with Crippen molar-refractivity contribution < 1.29 is 42.1 Å². The van der Waals surface area contributed by atoms with Gasteiger partial charge in [0, 0.05) is 29.7 Å². The van der Waals surface area contributed by atoms with Crippen LogP contribution in [0, 0.1) is 17.3 Å². The molecule has 4 heterocycles. The van der Waals surface area contributed by atoms with Gasteiger partial charge in [-0.05, 0) is 51.7 Å². The molecule has 2 bridgehead atoms. The Labute approximate surface area is 266 Å². The quantitative estimate of drug-likeness (QED) is 0.500. The number of nitrogens with one attached hydrogen (secondary N) is 1. The number of aromatic nitrogens is 2. The molecule has 13 heteroatoms. The molecule has 2 aromatic rings. The van der Waals surface area contributed by atoms with E-state index in [1.165, 1.54) is 18.9 Å². The molecular formula is C33H42F2N4O7. The normalized spacial score (nSPS) is 32.4. The Bertz CT molecular complexity index is 1530. The summed E-state index contributed by atoms with van der Waals surface area (Å²) in [6.45, 7) is 7.29. The van der Waals surface area contributed by atoms with Gasteiger partial charge in [-0.25, -0.2) is 14.8 Å². The number of Topliss-reactive ketones (excluding diaryl/α,β-unsaturated/α-hetero) is 1. The van der Waals surface area contributed by atoms with Gasteiger partial charge in [0.05, 0.1) is 43.9 Å². The van der Waals surface area contributed by atoms with Crippen LogP contribution in [0.5, 0.6) is 11.6 Å². The third-order valence-corrected chi connectivity index (χ3v) is 10.3. The van der Waals surface area contributed by atoms with Gasteiger partial charge in [0.25, 0.3) is 5.92 Å². The molecule has 6 atom stereocenters. The van der Waals surface area contributed by atoms with Gasteiger partial charge in [-0.3, -0.25) is 9.59 Å². The number of amides is 2. The molecule has 0 radical (unpaired) electrons. The maximum atomic E-state index is 16.0. The predicted octanol–water partition coefficient (Wildman–Crippen LogP) is 4.79. The van der Waals surface area contributed by atoms with Crippen LogP contribution >= 0.6 is 0 Å². The molecular weight excluding hydrogens is 602 g/mol. The van der Waals surface area contributed by atoms with Crippen molar-refractivity contribution in [3.8, 4) is 11.6 Å². The monoisotopic (exact) mass is 644 g/mol. The van der Waals surface area contributed by atoms with Gasteiger partial charge in [0.1, 0.15) is 23.5 Å². The van der Waals surface area contributed by atoms with Crippen molar-refractivity contribution in [1.82, 2.24) is 20.2 Å². The van der Waals surface area contributed by atoms with Crippen LogP contribution in [-0.4, -0.2) is 83.3 Å². The lowest BCUT2D eigenvalue weighted by atomic mass is 9.79. The summed E-state index contributed by atoms with van der Waals surface area (Å²) in [6.07, 6.45) is 0.285. The van der Waals surface area contributed by atoms with Crippen molar-refractivity contribution in [2.24, 2.45) is 17.3 Å². The molecule has 1 N–H and O–H groups in total. The summed E-state index contributed by atoms with van der Waals surface area (Å²) in [4.78, 5) is 51.0. The molecule has 1 saturated carbocycles. The number of alkyl halides is 2. The molecule has 2 amide bonds. The molecule has 1 aliphatic carbocycles. The molecule has 1 aromatic heterocycles. The van der Waals surface area contributed by atoms with Crippen LogP contribution in [0.15, 0.2) is 18.2 Å². The van der Waals surface area contributed by atoms with E-state index >= 15 is 8.78 Å². The van der Waals surface area contributed by atoms with Crippen molar-refractivity contribution in [3.63, 3.8) is 0 Å². The minimum atomic E-state index is -3.37. The lowest BCUT2D eigenvalue weighted by molar-refractivity contribution is -0.158. The van der Waals surface area contributed by atoms with Crippen molar-refractivity contribution in [3.05, 3.63) is 23.9 Å². The van der Waals surface area contributed by atoms with Gasteiger partial charge in [-0.15, -0.1) is 0 Å². The van der Waals surface area contributed by atoms with Crippen LogP contribution in [0.1, 0.15) is 71.9 Å². The lowest BCUT2D eigenvalue weighted by Gasteiger charge is -2.45. The summed E-state index contributed by atoms with van der Waals surface area (Å²) in [6, 6.07) is 2.86. The minimum absolute atomic E-state index is 0.0172. The summed E-state index contributed by atoms with van der Waals surface area (Å²) in [7, 11) is 1.49. The molecule has 3 fully saturated rings. The largest absolute Gasteiger partial charge is 0.497 e. The molecule has 4 aliphatic rings. The van der Waals surface area contributed by atoms with Crippen molar-refractivity contribution in [2.75, 3.05) is 26.9 Å². The highest BCUT2D eigenvalue weighted by Gasteiger charge is 2.56. The van der Waals surface area contributed by atoms with Gasteiger partial charge >= 0.3 is 6.09 Å². The first kappa shape index (κ1) is 32.3. The highest BCUT2D eigenvalue weighted by molar-refractivity contribution is 5.93. The van der Waals surface area contributed by atoms with Crippen LogP contribution < -0.4 is 14.8 Å². The first-order chi connectivity index (χ1) is 21.8. The minimum Gasteiger partial charge on any atom is -0.497 e. The topological polar surface area (TPSA) is 129 Å². The molecule has 0 unspecified atom stereocenters. The highest BCUT2D eigenvalue weighted by Crippen LogP contribution is 2.50. The molecule has 250 valence electrons. The van der Waals surface area contributed by atoms with E-state index in [2.05, 4.69) is 15.3 Å². The van der Waals surface area contributed by atoms with Crippen molar-refractivity contribution >= 4 is 28.8 Å². The standard InChI is InChI=1S/C33H42F2N4O7/c1-6-21-24-15-39(25(21)18(2)40)29(41)27(31(3)16-44-17-31)38-30(42)46-32(4)14-19(32)9-7-8-12-33(34,35)26-28(45-24)37-23-13-20(43-5)10-11-22(23)36-26/h10-11,13,19,21,24-25,27H,6-9,12,14-17H2,1-5H3,(H,38,42)/t19-,21-,24+,25-,27-,32-/m1/s1. The van der Waals surface area contributed by atoms with Crippen LogP contribution in [0.25, 0.3) is 11.0 Å². The second-order valence-corrected chi connectivity index (χ2v) is 13.8. The van der Waals surface area contributed by atoms with Crippen LogP contribution in [0.2, 0.25) is 0 Å². The van der Waals surface area contributed by atoms with Crippen LogP contribution in [-0.2, 0) is 25.0 Å². The number of benzene rings is 1. The van der Waals surface area contributed by atoms with Gasteiger partial charge in [0.15, 0.2) is 11.5 Å². The number of alkyl carbamates (subject to hydrolysis) is 1. The Morgan fingerprint density at radius 1 is 1.15 bits per heavy atom. The third-order valence-electron chi connectivity index (χ3n) is 10.3. The molecule has 2 saturated heterocycles. The first-order valence-corrected chi connectivity index (χ1v) is 16.1. The van der Waals surface area contributed by atoms with E-state index in [0.717, 1.165) is 0 Å². The Kier molecular flexibility index (Phi) is 8.35. The number of methoxy groups -OCH3 is 1. The number of fused-ring (bicyclic) bond motifs is 5. The third kappa shape index (κ3) is 5.86. The van der Waals surface area contributed by atoms with E-state index in [0.29, 0.717) is 36.9 Å². The average Bonchev–Trinajstić information content (AvgIpc) is 3.47. The van der Waals surface area contributed by atoms with E-state index in [-0.39, 0.29) is 49.3 Å². The Balaban J connectivity index is 1.43. The fourth-order valence-electron chi connectivity index (χ4n) is 7.31. The maximum absolute atomic E-state index is 16.0. The summed E-state index contributed by atoms with van der Waals surface area (Å²) < 4.78 is 55.0. The number of carbonyl (C=O) groups is 3.